The summed E-state index contributed by atoms with van der Waals surface area (Å²) in [6.07, 6.45) is 5.55. The standard InChI is InChI=1S/C28H39N3O3/c1-4-27(34-3)26-19-23(18-22-10-6-5-7-11-22)14-17-31(26)16-9-15-29-28(33)30-25-13-8-12-24(20-25)21(2)32/h5-8,10-13,20,23,26-27H,4,9,14-19H2,1-3H3,(H2,29,30,33)/t23-,26?,27+/m1/s1. The maximum absolute atomic E-state index is 12.3. The molecular weight excluding hydrogens is 426 g/mol. The zero-order chi connectivity index (χ0) is 24.3. The zero-order valence-corrected chi connectivity index (χ0v) is 20.8. The third kappa shape index (κ3) is 7.67. The van der Waals surface area contributed by atoms with Crippen molar-refractivity contribution in [1.82, 2.24) is 10.2 Å². The molecule has 1 unspecified atom stereocenters. The summed E-state index contributed by atoms with van der Waals surface area (Å²) in [6, 6.07) is 17.9. The minimum atomic E-state index is -0.248. The van der Waals surface area contributed by atoms with Gasteiger partial charge >= 0.3 is 6.03 Å². The van der Waals surface area contributed by atoms with Crippen LogP contribution in [0, 0.1) is 5.92 Å². The molecule has 1 fully saturated rings. The van der Waals surface area contributed by atoms with E-state index in [4.69, 9.17) is 4.74 Å². The van der Waals surface area contributed by atoms with E-state index in [2.05, 4.69) is 52.8 Å². The summed E-state index contributed by atoms with van der Waals surface area (Å²) in [6.45, 7) is 6.30. The van der Waals surface area contributed by atoms with Crippen molar-refractivity contribution in [3.8, 4) is 0 Å². The number of hydrogen-bond acceptors (Lipinski definition) is 4. The third-order valence-electron chi connectivity index (χ3n) is 6.80. The highest BCUT2D eigenvalue weighted by Crippen LogP contribution is 2.29. The highest BCUT2D eigenvalue weighted by molar-refractivity contribution is 5.96. The van der Waals surface area contributed by atoms with Crippen LogP contribution in [0.4, 0.5) is 10.5 Å². The maximum atomic E-state index is 12.3. The highest BCUT2D eigenvalue weighted by atomic mass is 16.5. The lowest BCUT2D eigenvalue weighted by Crippen LogP contribution is -2.50. The molecule has 3 rings (SSSR count). The average molecular weight is 466 g/mol. The third-order valence-corrected chi connectivity index (χ3v) is 6.80. The molecule has 2 aromatic carbocycles. The molecule has 0 aliphatic carbocycles. The number of urea groups is 1. The second kappa shape index (κ2) is 13.3. The van der Waals surface area contributed by atoms with Gasteiger partial charge in [-0.05, 0) is 69.2 Å². The number of hydrogen-bond donors (Lipinski definition) is 2. The van der Waals surface area contributed by atoms with E-state index >= 15 is 0 Å². The number of Topliss-reactive ketones (excluding diaryl/α,β-unsaturated/α-hetero) is 1. The van der Waals surface area contributed by atoms with Gasteiger partial charge in [0.2, 0.25) is 0 Å². The molecule has 184 valence electrons. The van der Waals surface area contributed by atoms with Crippen molar-refractivity contribution in [2.75, 3.05) is 32.1 Å². The number of carbonyl (C=O) groups excluding carboxylic acids is 2. The zero-order valence-electron chi connectivity index (χ0n) is 20.8. The molecule has 34 heavy (non-hydrogen) atoms. The molecule has 1 aliphatic rings. The van der Waals surface area contributed by atoms with Crippen molar-refractivity contribution < 1.29 is 14.3 Å². The van der Waals surface area contributed by atoms with Crippen LogP contribution in [0.1, 0.15) is 55.5 Å². The first-order valence-electron chi connectivity index (χ1n) is 12.5. The van der Waals surface area contributed by atoms with E-state index in [0.717, 1.165) is 38.8 Å². The van der Waals surface area contributed by atoms with Crippen molar-refractivity contribution in [1.29, 1.82) is 0 Å². The largest absolute Gasteiger partial charge is 0.380 e. The van der Waals surface area contributed by atoms with Gasteiger partial charge in [0.25, 0.3) is 0 Å². The van der Waals surface area contributed by atoms with Gasteiger partial charge < -0.3 is 15.4 Å². The number of nitrogens with one attached hydrogen (secondary N) is 2. The first-order valence-corrected chi connectivity index (χ1v) is 12.5. The SMILES string of the molecule is CC[C@H](OC)C1C[C@@H](Cc2ccccc2)CCN1CCCNC(=O)Nc1cccc(C(C)=O)c1. The monoisotopic (exact) mass is 465 g/mol. The molecule has 2 aromatic rings. The van der Waals surface area contributed by atoms with Crippen LogP contribution in [-0.2, 0) is 11.2 Å². The topological polar surface area (TPSA) is 70.7 Å². The number of benzene rings is 2. The van der Waals surface area contributed by atoms with Crippen molar-refractivity contribution in [3.05, 3.63) is 65.7 Å². The molecular formula is C28H39N3O3. The quantitative estimate of drug-likeness (QED) is 0.356. The van der Waals surface area contributed by atoms with Crippen LogP contribution in [0.3, 0.4) is 0 Å². The lowest BCUT2D eigenvalue weighted by Gasteiger charge is -2.43. The van der Waals surface area contributed by atoms with Gasteiger partial charge in [0, 0.05) is 37.5 Å². The molecule has 2 amide bonds. The summed E-state index contributed by atoms with van der Waals surface area (Å²) in [7, 11) is 1.82. The number of rotatable bonds is 11. The molecule has 1 saturated heterocycles. The lowest BCUT2D eigenvalue weighted by molar-refractivity contribution is -0.0183. The van der Waals surface area contributed by atoms with E-state index in [1.807, 2.05) is 7.11 Å². The van der Waals surface area contributed by atoms with Crippen molar-refractivity contribution >= 4 is 17.5 Å². The Hall–Kier alpha value is -2.70. The molecule has 0 saturated carbocycles. The number of anilines is 1. The van der Waals surface area contributed by atoms with Crippen LogP contribution in [0.25, 0.3) is 0 Å². The van der Waals surface area contributed by atoms with Crippen LogP contribution in [0.5, 0.6) is 0 Å². The van der Waals surface area contributed by atoms with Crippen LogP contribution in [0.15, 0.2) is 54.6 Å². The predicted octanol–water partition coefficient (Wildman–Crippen LogP) is 5.15. The number of amides is 2. The summed E-state index contributed by atoms with van der Waals surface area (Å²) in [5, 5.41) is 5.75. The molecule has 6 heteroatoms. The Bertz CT molecular complexity index is 914. The summed E-state index contributed by atoms with van der Waals surface area (Å²) < 4.78 is 5.86. The number of nitrogens with zero attached hydrogens (tertiary/aromatic N) is 1. The molecule has 0 bridgehead atoms. The Morgan fingerprint density at radius 1 is 1.15 bits per heavy atom. The molecule has 1 heterocycles. The van der Waals surface area contributed by atoms with Crippen molar-refractivity contribution in [2.45, 2.75) is 58.1 Å². The first-order chi connectivity index (χ1) is 16.5. The first kappa shape index (κ1) is 25.9. The number of carbonyl (C=O) groups is 2. The summed E-state index contributed by atoms with van der Waals surface area (Å²) in [5.74, 6) is 0.648. The molecule has 0 aromatic heterocycles. The minimum Gasteiger partial charge on any atom is -0.380 e. The van der Waals surface area contributed by atoms with Gasteiger partial charge in [0.05, 0.1) is 6.10 Å². The van der Waals surface area contributed by atoms with Gasteiger partial charge in [0.1, 0.15) is 0 Å². The highest BCUT2D eigenvalue weighted by Gasteiger charge is 2.33. The number of likely N-dealkylation sites (tertiary alicyclic amines) is 1. The Labute approximate surface area is 204 Å². The molecule has 1 aliphatic heterocycles. The predicted molar refractivity (Wildman–Crippen MR) is 137 cm³/mol. The molecule has 2 N–H and O–H groups in total. The number of methoxy groups -OCH3 is 1. The van der Waals surface area contributed by atoms with E-state index in [1.165, 1.54) is 18.9 Å². The van der Waals surface area contributed by atoms with Crippen molar-refractivity contribution in [3.63, 3.8) is 0 Å². The second-order valence-electron chi connectivity index (χ2n) is 9.24. The van der Waals surface area contributed by atoms with Gasteiger partial charge in [0.15, 0.2) is 5.78 Å². The van der Waals surface area contributed by atoms with Gasteiger partial charge in [-0.15, -0.1) is 0 Å². The molecule has 6 nitrogen and oxygen atoms in total. The van der Waals surface area contributed by atoms with E-state index in [-0.39, 0.29) is 17.9 Å². The van der Waals surface area contributed by atoms with Crippen LogP contribution >= 0.6 is 0 Å². The maximum Gasteiger partial charge on any atom is 0.319 e. The summed E-state index contributed by atoms with van der Waals surface area (Å²) >= 11 is 0. The van der Waals surface area contributed by atoms with E-state index < -0.39 is 0 Å². The fourth-order valence-electron chi connectivity index (χ4n) is 4.99. The van der Waals surface area contributed by atoms with Crippen LogP contribution in [-0.4, -0.2) is 55.6 Å². The minimum absolute atomic E-state index is 0.0207. The number of ether oxygens (including phenoxy) is 1. The Kier molecular flexibility index (Phi) is 10.1. The van der Waals surface area contributed by atoms with Gasteiger partial charge in [-0.1, -0.05) is 49.4 Å². The van der Waals surface area contributed by atoms with E-state index in [9.17, 15) is 9.59 Å². The Morgan fingerprint density at radius 2 is 1.94 bits per heavy atom. The van der Waals surface area contributed by atoms with Gasteiger partial charge in [-0.3, -0.25) is 9.69 Å². The molecule has 0 radical (unpaired) electrons. The Morgan fingerprint density at radius 3 is 2.65 bits per heavy atom. The fourth-order valence-corrected chi connectivity index (χ4v) is 4.99. The van der Waals surface area contributed by atoms with Crippen LogP contribution in [0.2, 0.25) is 0 Å². The lowest BCUT2D eigenvalue weighted by atomic mass is 9.83. The Balaban J connectivity index is 1.47. The summed E-state index contributed by atoms with van der Waals surface area (Å²) in [4.78, 5) is 26.4. The van der Waals surface area contributed by atoms with E-state index in [0.29, 0.717) is 29.8 Å². The number of ketones is 1. The molecule has 0 spiro atoms. The van der Waals surface area contributed by atoms with Crippen LogP contribution < -0.4 is 10.6 Å². The summed E-state index contributed by atoms with van der Waals surface area (Å²) in [5.41, 5.74) is 2.62. The van der Waals surface area contributed by atoms with Gasteiger partial charge in [-0.2, -0.15) is 0 Å². The normalized spacial score (nSPS) is 19.4. The van der Waals surface area contributed by atoms with Gasteiger partial charge in [-0.25, -0.2) is 4.79 Å². The van der Waals surface area contributed by atoms with E-state index in [1.54, 1.807) is 24.3 Å². The van der Waals surface area contributed by atoms with Crippen molar-refractivity contribution in [2.24, 2.45) is 5.92 Å². The second-order valence-corrected chi connectivity index (χ2v) is 9.24. The molecule has 3 atom stereocenters. The fraction of sp³-hybridized carbons (Fsp3) is 0.500. The smallest absolute Gasteiger partial charge is 0.319 e. The average Bonchev–Trinajstić information content (AvgIpc) is 2.84. The number of piperidine rings is 1.